The van der Waals surface area contributed by atoms with Crippen LogP contribution in [0.4, 0.5) is 17.1 Å². The molecule has 0 radical (unpaired) electrons. The molecular weight excluding hydrogens is 659 g/mol. The summed E-state index contributed by atoms with van der Waals surface area (Å²) in [4.78, 5) is 2.44. The molecule has 2 bridgehead atoms. The van der Waals surface area contributed by atoms with E-state index in [0.29, 0.717) is 5.41 Å². The Morgan fingerprint density at radius 3 is 1.89 bits per heavy atom. The second-order valence-electron chi connectivity index (χ2n) is 15.4. The van der Waals surface area contributed by atoms with Gasteiger partial charge in [0.15, 0.2) is 0 Å². The maximum atomic E-state index is 2.50. The second kappa shape index (κ2) is 12.2. The summed E-state index contributed by atoms with van der Waals surface area (Å²) in [6, 6.07) is 63.5. The van der Waals surface area contributed by atoms with Crippen LogP contribution in [0.25, 0.3) is 64.0 Å². The van der Waals surface area contributed by atoms with Crippen molar-refractivity contribution in [2.24, 2.45) is 5.92 Å². The fourth-order valence-electron chi connectivity index (χ4n) is 9.83. The molecule has 0 atom stereocenters. The first kappa shape index (κ1) is 30.9. The van der Waals surface area contributed by atoms with E-state index in [9.17, 15) is 0 Å². The van der Waals surface area contributed by atoms with E-state index in [2.05, 4.69) is 175 Å². The minimum Gasteiger partial charge on any atom is -0.310 e. The highest BCUT2D eigenvalue weighted by Crippen LogP contribution is 2.55. The Kier molecular flexibility index (Phi) is 7.10. The Labute approximate surface area is 314 Å². The molecule has 2 aliphatic rings. The number of anilines is 3. The number of benzene rings is 8. The van der Waals surface area contributed by atoms with Crippen LogP contribution >= 0.6 is 11.3 Å². The van der Waals surface area contributed by atoms with Crippen molar-refractivity contribution in [3.8, 4) is 22.3 Å². The zero-order valence-electron chi connectivity index (χ0n) is 29.6. The van der Waals surface area contributed by atoms with Crippen LogP contribution in [0.5, 0.6) is 0 Å². The number of hydrogen-bond donors (Lipinski definition) is 0. The topological polar surface area (TPSA) is 3.24 Å². The van der Waals surface area contributed by atoms with Crippen molar-refractivity contribution < 1.29 is 0 Å². The molecule has 0 amide bonds. The molecular formula is C51H39NS. The molecule has 1 aromatic heterocycles. The van der Waals surface area contributed by atoms with E-state index in [1.54, 1.807) is 5.56 Å². The fraction of sp³-hybridized carbons (Fsp3) is 0.137. The van der Waals surface area contributed by atoms with Crippen molar-refractivity contribution in [2.45, 2.75) is 37.5 Å². The quantitative estimate of drug-likeness (QED) is 0.167. The first-order valence-corrected chi connectivity index (χ1v) is 19.9. The Morgan fingerprint density at radius 2 is 1.11 bits per heavy atom. The lowest BCUT2D eigenvalue weighted by atomic mass is 9.77. The average Bonchev–Trinajstić information content (AvgIpc) is 3.95. The van der Waals surface area contributed by atoms with Gasteiger partial charge in [0.05, 0.1) is 0 Å². The zero-order valence-corrected chi connectivity index (χ0v) is 30.5. The van der Waals surface area contributed by atoms with Crippen molar-refractivity contribution >= 4 is 70.1 Å². The van der Waals surface area contributed by atoms with Crippen LogP contribution in [0.3, 0.4) is 0 Å². The van der Waals surface area contributed by atoms with Crippen LogP contribution < -0.4 is 4.90 Å². The van der Waals surface area contributed by atoms with Gasteiger partial charge in [-0.1, -0.05) is 127 Å². The van der Waals surface area contributed by atoms with Gasteiger partial charge in [0, 0.05) is 37.2 Å². The van der Waals surface area contributed by atoms with Crippen molar-refractivity contribution in [1.29, 1.82) is 0 Å². The van der Waals surface area contributed by atoms with E-state index in [1.165, 1.54) is 107 Å². The van der Waals surface area contributed by atoms with Crippen molar-refractivity contribution in [3.63, 3.8) is 0 Å². The molecule has 2 aliphatic carbocycles. The molecule has 8 aromatic carbocycles. The monoisotopic (exact) mass is 697 g/mol. The molecule has 0 spiro atoms. The van der Waals surface area contributed by atoms with Gasteiger partial charge in [0.1, 0.15) is 0 Å². The van der Waals surface area contributed by atoms with Crippen molar-refractivity contribution in [3.05, 3.63) is 175 Å². The number of rotatable bonds is 6. The van der Waals surface area contributed by atoms with E-state index in [4.69, 9.17) is 0 Å². The van der Waals surface area contributed by atoms with Gasteiger partial charge in [0.2, 0.25) is 0 Å². The lowest BCUT2D eigenvalue weighted by Crippen LogP contribution is -2.19. The summed E-state index contributed by atoms with van der Waals surface area (Å²) in [7, 11) is 0. The molecule has 254 valence electrons. The molecule has 2 fully saturated rings. The standard InChI is InChI=1S/C51H39NS/c1-2-8-35(9-3-1)44-13-6-10-37-11-7-14-45(50(37)44)36-17-21-41(22-18-36)52(43-24-25-47-46-12-4-5-15-48(46)53-49(47)32-43)42-23-19-38-30-40(20-16-39(38)31-42)51-28-26-34(33-51)27-29-51/h1-25,30-32,34H,26-29,33H2. The maximum absolute atomic E-state index is 2.50. The van der Waals surface area contributed by atoms with Gasteiger partial charge in [-0.15, -0.1) is 11.3 Å². The second-order valence-corrected chi connectivity index (χ2v) is 16.5. The van der Waals surface area contributed by atoms with Gasteiger partial charge in [-0.25, -0.2) is 0 Å². The van der Waals surface area contributed by atoms with Crippen LogP contribution in [0.15, 0.2) is 170 Å². The van der Waals surface area contributed by atoms with Gasteiger partial charge in [0.25, 0.3) is 0 Å². The molecule has 1 heterocycles. The third kappa shape index (κ3) is 5.11. The van der Waals surface area contributed by atoms with Gasteiger partial charge in [-0.3, -0.25) is 0 Å². The Bertz CT molecular complexity index is 2820. The SMILES string of the molecule is c1ccc(-c2cccc3cccc(-c4ccc(N(c5ccc6cc(C78CCC(CC7)C8)ccc6c5)c5ccc6c(c5)sc5ccccc56)cc4)c23)cc1. The number of nitrogens with zero attached hydrogens (tertiary/aromatic N) is 1. The van der Waals surface area contributed by atoms with Gasteiger partial charge in [-0.2, -0.15) is 0 Å². The van der Waals surface area contributed by atoms with Gasteiger partial charge < -0.3 is 4.90 Å². The molecule has 2 saturated carbocycles. The number of thiophene rings is 1. The largest absolute Gasteiger partial charge is 0.310 e. The predicted octanol–water partition coefficient (Wildman–Crippen LogP) is 15.0. The summed E-state index contributed by atoms with van der Waals surface area (Å²) in [5.74, 6) is 0.942. The number of fused-ring (bicyclic) bond motifs is 7. The third-order valence-electron chi connectivity index (χ3n) is 12.5. The van der Waals surface area contributed by atoms with Crippen molar-refractivity contribution in [1.82, 2.24) is 0 Å². The van der Waals surface area contributed by atoms with Crippen LogP contribution in [0, 0.1) is 5.92 Å². The molecule has 11 rings (SSSR count). The minimum atomic E-state index is 0.414. The normalized spacial score (nSPS) is 18.1. The van der Waals surface area contributed by atoms with Crippen LogP contribution in [-0.2, 0) is 5.41 Å². The summed E-state index contributed by atoms with van der Waals surface area (Å²) in [5, 5.41) is 7.84. The molecule has 0 N–H and O–H groups in total. The van der Waals surface area contributed by atoms with E-state index in [-0.39, 0.29) is 0 Å². The molecule has 2 heteroatoms. The summed E-state index contributed by atoms with van der Waals surface area (Å²) in [6.45, 7) is 0. The molecule has 53 heavy (non-hydrogen) atoms. The highest BCUT2D eigenvalue weighted by atomic mass is 32.1. The summed E-state index contributed by atoms with van der Waals surface area (Å²) >= 11 is 1.88. The average molecular weight is 698 g/mol. The Hall–Kier alpha value is -5.70. The van der Waals surface area contributed by atoms with E-state index >= 15 is 0 Å². The summed E-state index contributed by atoms with van der Waals surface area (Å²) in [5.41, 5.74) is 10.4. The minimum absolute atomic E-state index is 0.414. The molecule has 9 aromatic rings. The third-order valence-corrected chi connectivity index (χ3v) is 13.6. The smallest absolute Gasteiger partial charge is 0.0476 e. The highest BCUT2D eigenvalue weighted by molar-refractivity contribution is 7.25. The van der Waals surface area contributed by atoms with E-state index in [0.717, 1.165) is 11.6 Å². The Morgan fingerprint density at radius 1 is 0.472 bits per heavy atom. The first-order chi connectivity index (χ1) is 26.2. The lowest BCUT2D eigenvalue weighted by Gasteiger charge is -2.28. The van der Waals surface area contributed by atoms with Crippen LogP contribution in [0.1, 0.15) is 37.7 Å². The first-order valence-electron chi connectivity index (χ1n) is 19.1. The van der Waals surface area contributed by atoms with Gasteiger partial charge >= 0.3 is 0 Å². The van der Waals surface area contributed by atoms with Gasteiger partial charge in [-0.05, 0) is 135 Å². The highest BCUT2D eigenvalue weighted by Gasteiger charge is 2.45. The molecule has 0 saturated heterocycles. The Balaban J connectivity index is 1.03. The molecule has 0 aliphatic heterocycles. The lowest BCUT2D eigenvalue weighted by molar-refractivity contribution is 0.419. The number of hydrogen-bond acceptors (Lipinski definition) is 2. The predicted molar refractivity (Wildman–Crippen MR) is 228 cm³/mol. The molecule has 1 nitrogen and oxygen atoms in total. The van der Waals surface area contributed by atoms with E-state index in [1.807, 2.05) is 11.3 Å². The van der Waals surface area contributed by atoms with Crippen LogP contribution in [0.2, 0.25) is 0 Å². The molecule has 0 unspecified atom stereocenters. The summed E-state index contributed by atoms with van der Waals surface area (Å²) in [6.07, 6.45) is 6.91. The van der Waals surface area contributed by atoms with Crippen LogP contribution in [-0.4, -0.2) is 0 Å². The zero-order chi connectivity index (χ0) is 34.9. The van der Waals surface area contributed by atoms with E-state index < -0.39 is 0 Å². The summed E-state index contributed by atoms with van der Waals surface area (Å²) < 4.78 is 2.64. The maximum Gasteiger partial charge on any atom is 0.0476 e. The fourth-order valence-corrected chi connectivity index (χ4v) is 11.0. The van der Waals surface area contributed by atoms with Crippen molar-refractivity contribution in [2.75, 3.05) is 4.90 Å².